The zero-order valence-corrected chi connectivity index (χ0v) is 14.1. The van der Waals surface area contributed by atoms with E-state index in [1.54, 1.807) is 13.0 Å². The van der Waals surface area contributed by atoms with E-state index in [2.05, 4.69) is 0 Å². The molecule has 0 aliphatic rings. The van der Waals surface area contributed by atoms with Crippen molar-refractivity contribution in [2.75, 3.05) is 13.2 Å². The fraction of sp³-hybridized carbons (Fsp3) is 0.200. The van der Waals surface area contributed by atoms with Crippen molar-refractivity contribution >= 4 is 40.4 Å². The topological polar surface area (TPSA) is 95.7 Å². The van der Waals surface area contributed by atoms with Gasteiger partial charge in [0.05, 0.1) is 26.3 Å². The molecule has 0 aliphatic heterocycles. The van der Waals surface area contributed by atoms with E-state index < -0.39 is 23.3 Å². The minimum atomic E-state index is -0.836. The van der Waals surface area contributed by atoms with Crippen LogP contribution in [0.2, 0.25) is 4.34 Å². The fourth-order valence-corrected chi connectivity index (χ4v) is 2.78. The Kier molecular flexibility index (Phi) is 5.88. The van der Waals surface area contributed by atoms with Crippen molar-refractivity contribution in [1.29, 1.82) is 0 Å². The minimum Gasteiger partial charge on any atom is -0.487 e. The van der Waals surface area contributed by atoms with Gasteiger partial charge in [-0.05, 0) is 31.2 Å². The first-order valence-electron chi connectivity index (χ1n) is 6.79. The molecule has 0 saturated heterocycles. The van der Waals surface area contributed by atoms with Crippen LogP contribution >= 0.6 is 22.9 Å². The number of nitro benzene ring substituents is 1. The van der Waals surface area contributed by atoms with Gasteiger partial charge in [-0.15, -0.1) is 11.3 Å². The Morgan fingerprint density at radius 3 is 2.62 bits per heavy atom. The number of ketones is 1. The zero-order chi connectivity index (χ0) is 17.7. The molecule has 2 rings (SSSR count). The predicted octanol–water partition coefficient (Wildman–Crippen LogP) is 3.75. The van der Waals surface area contributed by atoms with E-state index in [9.17, 15) is 19.7 Å². The largest absolute Gasteiger partial charge is 0.487 e. The van der Waals surface area contributed by atoms with E-state index in [-0.39, 0.29) is 23.6 Å². The van der Waals surface area contributed by atoms with Crippen molar-refractivity contribution in [3.05, 3.63) is 55.2 Å². The third-order valence-corrected chi connectivity index (χ3v) is 4.15. The molecular formula is C15H12ClNO6S. The molecule has 126 valence electrons. The standard InChI is InChI=1S/C15H12ClNO6S/c1-2-22-12-4-3-9(7-10(12)17(20)21)15(19)23-8-11(18)13-5-6-14(16)24-13/h3-7H,2,8H2,1H3. The molecule has 0 amide bonds. The first kappa shape index (κ1) is 17.9. The van der Waals surface area contributed by atoms with Gasteiger partial charge in [-0.2, -0.15) is 0 Å². The number of thiophene rings is 1. The summed E-state index contributed by atoms with van der Waals surface area (Å²) in [4.78, 5) is 34.6. The van der Waals surface area contributed by atoms with Crippen LogP contribution in [0.15, 0.2) is 30.3 Å². The lowest BCUT2D eigenvalue weighted by atomic mass is 10.2. The average Bonchev–Trinajstić information content (AvgIpc) is 2.99. The lowest BCUT2D eigenvalue weighted by Crippen LogP contribution is -2.13. The van der Waals surface area contributed by atoms with Crippen molar-refractivity contribution in [3.63, 3.8) is 0 Å². The van der Waals surface area contributed by atoms with E-state index in [1.807, 2.05) is 0 Å². The molecule has 0 unspecified atom stereocenters. The molecular weight excluding hydrogens is 358 g/mol. The SMILES string of the molecule is CCOc1ccc(C(=O)OCC(=O)c2ccc(Cl)s2)cc1[N+](=O)[O-]. The number of Topliss-reactive ketones (excluding diaryl/α,β-unsaturated/α-hetero) is 1. The lowest BCUT2D eigenvalue weighted by molar-refractivity contribution is -0.385. The number of hydrogen-bond donors (Lipinski definition) is 0. The summed E-state index contributed by atoms with van der Waals surface area (Å²) < 4.78 is 10.5. The zero-order valence-electron chi connectivity index (χ0n) is 12.5. The summed E-state index contributed by atoms with van der Waals surface area (Å²) in [5.41, 5.74) is -0.384. The van der Waals surface area contributed by atoms with Gasteiger partial charge in [0.1, 0.15) is 0 Å². The molecule has 0 radical (unpaired) electrons. The summed E-state index contributed by atoms with van der Waals surface area (Å²) in [6, 6.07) is 6.81. The molecule has 9 heteroatoms. The van der Waals surface area contributed by atoms with Gasteiger partial charge in [-0.1, -0.05) is 11.6 Å². The molecule has 0 aliphatic carbocycles. The molecule has 7 nitrogen and oxygen atoms in total. The Morgan fingerprint density at radius 2 is 2.04 bits per heavy atom. The van der Waals surface area contributed by atoms with Gasteiger partial charge in [-0.3, -0.25) is 14.9 Å². The molecule has 0 saturated carbocycles. The van der Waals surface area contributed by atoms with Crippen molar-refractivity contribution in [1.82, 2.24) is 0 Å². The van der Waals surface area contributed by atoms with Crippen LogP contribution in [0.4, 0.5) is 5.69 Å². The summed E-state index contributed by atoms with van der Waals surface area (Å²) in [5.74, 6) is -1.18. The van der Waals surface area contributed by atoms with Crippen LogP contribution < -0.4 is 4.74 Å². The van der Waals surface area contributed by atoms with Gasteiger partial charge in [0, 0.05) is 6.07 Å². The first-order valence-corrected chi connectivity index (χ1v) is 7.98. The van der Waals surface area contributed by atoms with Gasteiger partial charge < -0.3 is 9.47 Å². The third kappa shape index (κ3) is 4.30. The predicted molar refractivity (Wildman–Crippen MR) is 88.2 cm³/mol. The maximum absolute atomic E-state index is 12.0. The fourth-order valence-electron chi connectivity index (χ4n) is 1.81. The van der Waals surface area contributed by atoms with Crippen molar-refractivity contribution in [3.8, 4) is 5.75 Å². The molecule has 1 aromatic carbocycles. The number of nitrogens with zero attached hydrogens (tertiary/aromatic N) is 1. The second kappa shape index (κ2) is 7.89. The van der Waals surface area contributed by atoms with Crippen LogP contribution in [0.1, 0.15) is 27.0 Å². The highest BCUT2D eigenvalue weighted by Crippen LogP contribution is 2.28. The number of nitro groups is 1. The first-order chi connectivity index (χ1) is 11.4. The number of hydrogen-bond acceptors (Lipinski definition) is 7. The van der Waals surface area contributed by atoms with Crippen molar-refractivity contribution in [2.45, 2.75) is 6.92 Å². The molecule has 24 heavy (non-hydrogen) atoms. The lowest BCUT2D eigenvalue weighted by Gasteiger charge is -2.06. The Labute approximate surface area is 145 Å². The summed E-state index contributed by atoms with van der Waals surface area (Å²) in [6.45, 7) is 1.47. The Balaban J connectivity index is 2.08. The summed E-state index contributed by atoms with van der Waals surface area (Å²) in [6.07, 6.45) is 0. The van der Waals surface area contributed by atoms with Gasteiger partial charge in [0.15, 0.2) is 12.4 Å². The second-order valence-corrected chi connectivity index (χ2v) is 6.19. The number of ether oxygens (including phenoxy) is 2. The summed E-state index contributed by atoms with van der Waals surface area (Å²) >= 11 is 6.81. The number of esters is 1. The quantitative estimate of drug-likeness (QED) is 0.319. The van der Waals surface area contributed by atoms with Crippen LogP contribution in [-0.4, -0.2) is 29.9 Å². The van der Waals surface area contributed by atoms with Crippen molar-refractivity contribution < 1.29 is 24.0 Å². The third-order valence-electron chi connectivity index (χ3n) is 2.87. The van der Waals surface area contributed by atoms with E-state index in [4.69, 9.17) is 21.1 Å². The van der Waals surface area contributed by atoms with E-state index in [0.29, 0.717) is 9.21 Å². The molecule has 1 heterocycles. The molecule has 1 aromatic heterocycles. The Bertz CT molecular complexity index is 788. The average molecular weight is 370 g/mol. The summed E-state index contributed by atoms with van der Waals surface area (Å²) in [7, 11) is 0. The maximum Gasteiger partial charge on any atom is 0.338 e. The number of carbonyl (C=O) groups excluding carboxylic acids is 2. The Morgan fingerprint density at radius 1 is 1.29 bits per heavy atom. The van der Waals surface area contributed by atoms with E-state index in [0.717, 1.165) is 17.4 Å². The number of benzene rings is 1. The van der Waals surface area contributed by atoms with E-state index >= 15 is 0 Å². The monoisotopic (exact) mass is 369 g/mol. The second-order valence-electron chi connectivity index (χ2n) is 4.48. The number of rotatable bonds is 7. The highest BCUT2D eigenvalue weighted by Gasteiger charge is 2.20. The normalized spacial score (nSPS) is 10.2. The van der Waals surface area contributed by atoms with E-state index in [1.165, 1.54) is 18.2 Å². The number of carbonyl (C=O) groups is 2. The highest BCUT2D eigenvalue weighted by atomic mass is 35.5. The molecule has 0 atom stereocenters. The Hall–Kier alpha value is -2.45. The molecule has 0 N–H and O–H groups in total. The van der Waals surface area contributed by atoms with Crippen LogP contribution in [0.3, 0.4) is 0 Å². The van der Waals surface area contributed by atoms with Gasteiger partial charge >= 0.3 is 11.7 Å². The minimum absolute atomic E-state index is 0.0397. The summed E-state index contributed by atoms with van der Waals surface area (Å²) in [5, 5.41) is 11.0. The van der Waals surface area contributed by atoms with Crippen molar-refractivity contribution in [2.24, 2.45) is 0 Å². The smallest absolute Gasteiger partial charge is 0.338 e. The maximum atomic E-state index is 12.0. The highest BCUT2D eigenvalue weighted by molar-refractivity contribution is 7.18. The van der Waals surface area contributed by atoms with Gasteiger partial charge in [-0.25, -0.2) is 4.79 Å². The number of halogens is 1. The van der Waals surface area contributed by atoms with Crippen LogP contribution in [0.5, 0.6) is 5.75 Å². The molecule has 0 bridgehead atoms. The molecule has 0 fully saturated rings. The van der Waals surface area contributed by atoms with Gasteiger partial charge in [0.25, 0.3) is 0 Å². The molecule has 2 aromatic rings. The molecule has 0 spiro atoms. The van der Waals surface area contributed by atoms with Crippen LogP contribution in [0.25, 0.3) is 0 Å². The van der Waals surface area contributed by atoms with Gasteiger partial charge in [0.2, 0.25) is 5.78 Å². The van der Waals surface area contributed by atoms with Crippen LogP contribution in [0, 0.1) is 10.1 Å². The van der Waals surface area contributed by atoms with Crippen LogP contribution in [-0.2, 0) is 4.74 Å².